The number of ether oxygens (including phenoxy) is 1. The normalized spacial score (nSPS) is 10.5. The van der Waals surface area contributed by atoms with Crippen LogP contribution in [-0.4, -0.2) is 21.2 Å². The van der Waals surface area contributed by atoms with Gasteiger partial charge in [0.1, 0.15) is 5.75 Å². The van der Waals surface area contributed by atoms with Crippen LogP contribution < -0.4 is 0 Å². The summed E-state index contributed by atoms with van der Waals surface area (Å²) in [6.07, 6.45) is 1.64. The number of nitrogens with zero attached hydrogens (tertiary/aromatic N) is 2. The predicted molar refractivity (Wildman–Crippen MR) is 70.3 cm³/mol. The lowest BCUT2D eigenvalue weighted by Gasteiger charge is -2.04. The zero-order valence-corrected chi connectivity index (χ0v) is 11.4. The maximum atomic E-state index is 11.8. The van der Waals surface area contributed by atoms with Crippen LogP contribution in [-0.2, 0) is 17.8 Å². The average molecular weight is 276 g/mol. The van der Waals surface area contributed by atoms with Crippen molar-refractivity contribution in [2.24, 2.45) is 0 Å². The molecule has 6 heteroatoms. The van der Waals surface area contributed by atoms with Crippen molar-refractivity contribution in [2.45, 2.75) is 33.3 Å². The molecule has 1 N–H and O–H groups in total. The van der Waals surface area contributed by atoms with Crippen molar-refractivity contribution in [3.8, 4) is 5.75 Å². The van der Waals surface area contributed by atoms with Crippen molar-refractivity contribution in [3.05, 3.63) is 41.0 Å². The third-order valence-corrected chi connectivity index (χ3v) is 2.76. The molecule has 1 aromatic carbocycles. The first-order valence-corrected chi connectivity index (χ1v) is 6.38. The van der Waals surface area contributed by atoms with E-state index in [4.69, 9.17) is 9.26 Å². The Morgan fingerprint density at radius 1 is 1.45 bits per heavy atom. The van der Waals surface area contributed by atoms with Crippen molar-refractivity contribution in [1.82, 2.24) is 10.1 Å². The molecule has 2 rings (SSSR count). The fourth-order valence-corrected chi connectivity index (χ4v) is 1.62. The highest BCUT2D eigenvalue weighted by Gasteiger charge is 2.12. The van der Waals surface area contributed by atoms with Gasteiger partial charge in [-0.3, -0.25) is 0 Å². The molecule has 0 aliphatic heterocycles. The van der Waals surface area contributed by atoms with Gasteiger partial charge < -0.3 is 14.4 Å². The Hall–Kier alpha value is -2.37. The second-order valence-corrected chi connectivity index (χ2v) is 4.43. The molecule has 20 heavy (non-hydrogen) atoms. The number of phenols is 1. The molecule has 0 aliphatic rings. The monoisotopic (exact) mass is 276 g/mol. The number of carbonyl (C=O) groups is 1. The number of aryl methyl sites for hydroxylation is 2. The standard InChI is InChI=1S/C14H16N2O4/c1-3-4-12-15-13(20-16-12)8-19-14(18)10-6-5-9(2)11(17)7-10/h5-7,17H,3-4,8H2,1-2H3. The summed E-state index contributed by atoms with van der Waals surface area (Å²) in [4.78, 5) is 15.9. The van der Waals surface area contributed by atoms with Crippen LogP contribution in [0.25, 0.3) is 0 Å². The van der Waals surface area contributed by atoms with Gasteiger partial charge in [0.25, 0.3) is 5.89 Å². The van der Waals surface area contributed by atoms with E-state index < -0.39 is 5.97 Å². The molecule has 0 radical (unpaired) electrons. The van der Waals surface area contributed by atoms with E-state index in [-0.39, 0.29) is 23.8 Å². The van der Waals surface area contributed by atoms with Gasteiger partial charge >= 0.3 is 5.97 Å². The predicted octanol–water partition coefficient (Wildman–Crippen LogP) is 2.39. The fraction of sp³-hybridized carbons (Fsp3) is 0.357. The number of rotatable bonds is 5. The largest absolute Gasteiger partial charge is 0.508 e. The Morgan fingerprint density at radius 3 is 2.95 bits per heavy atom. The smallest absolute Gasteiger partial charge is 0.338 e. The Balaban J connectivity index is 1.95. The molecule has 106 valence electrons. The molecule has 0 spiro atoms. The van der Waals surface area contributed by atoms with E-state index in [0.717, 1.165) is 12.8 Å². The fourth-order valence-electron chi connectivity index (χ4n) is 1.62. The summed E-state index contributed by atoms with van der Waals surface area (Å²) in [5, 5.41) is 13.3. The first-order valence-electron chi connectivity index (χ1n) is 6.38. The number of phenolic OH excluding ortho intramolecular Hbond substituents is 1. The van der Waals surface area contributed by atoms with Crippen LogP contribution in [0.2, 0.25) is 0 Å². The molecule has 0 atom stereocenters. The van der Waals surface area contributed by atoms with Crippen LogP contribution >= 0.6 is 0 Å². The van der Waals surface area contributed by atoms with Crippen molar-refractivity contribution < 1.29 is 19.2 Å². The van der Waals surface area contributed by atoms with E-state index in [1.54, 1.807) is 19.1 Å². The number of aromatic nitrogens is 2. The summed E-state index contributed by atoms with van der Waals surface area (Å²) < 4.78 is 10.0. The summed E-state index contributed by atoms with van der Waals surface area (Å²) in [6, 6.07) is 4.61. The molecule has 6 nitrogen and oxygen atoms in total. The first kappa shape index (κ1) is 14.0. The zero-order valence-electron chi connectivity index (χ0n) is 11.4. The Bertz CT molecular complexity index is 607. The van der Waals surface area contributed by atoms with Gasteiger partial charge in [0, 0.05) is 6.42 Å². The maximum Gasteiger partial charge on any atom is 0.338 e. The van der Waals surface area contributed by atoms with Crippen LogP contribution in [0.3, 0.4) is 0 Å². The molecule has 0 saturated carbocycles. The van der Waals surface area contributed by atoms with Crippen LogP contribution in [0, 0.1) is 6.92 Å². The molecule has 0 unspecified atom stereocenters. The third-order valence-electron chi connectivity index (χ3n) is 2.76. The van der Waals surface area contributed by atoms with E-state index >= 15 is 0 Å². The van der Waals surface area contributed by atoms with E-state index in [9.17, 15) is 9.90 Å². The van der Waals surface area contributed by atoms with Crippen molar-refractivity contribution in [2.75, 3.05) is 0 Å². The van der Waals surface area contributed by atoms with Gasteiger partial charge in [-0.05, 0) is 31.0 Å². The maximum absolute atomic E-state index is 11.8. The summed E-state index contributed by atoms with van der Waals surface area (Å²) in [7, 11) is 0. The highest BCUT2D eigenvalue weighted by atomic mass is 16.6. The molecule has 0 fully saturated rings. The molecule has 1 heterocycles. The first-order chi connectivity index (χ1) is 9.60. The molecule has 0 amide bonds. The van der Waals surface area contributed by atoms with Crippen LogP contribution in [0.1, 0.15) is 41.0 Å². The Labute approximate surface area is 116 Å². The number of benzene rings is 1. The van der Waals surface area contributed by atoms with Gasteiger partial charge in [-0.1, -0.05) is 18.1 Å². The lowest BCUT2D eigenvalue weighted by molar-refractivity contribution is 0.0429. The van der Waals surface area contributed by atoms with Gasteiger partial charge in [0.2, 0.25) is 0 Å². The van der Waals surface area contributed by atoms with Crippen LogP contribution in [0.4, 0.5) is 0 Å². The third kappa shape index (κ3) is 3.34. The number of hydrogen-bond donors (Lipinski definition) is 1. The molecular formula is C14H16N2O4. The highest BCUT2D eigenvalue weighted by Crippen LogP contribution is 2.18. The zero-order chi connectivity index (χ0) is 14.5. The minimum Gasteiger partial charge on any atom is -0.508 e. The lowest BCUT2D eigenvalue weighted by atomic mass is 10.1. The highest BCUT2D eigenvalue weighted by molar-refractivity contribution is 5.89. The topological polar surface area (TPSA) is 85.5 Å². The van der Waals surface area contributed by atoms with Gasteiger partial charge in [0.15, 0.2) is 12.4 Å². The molecular weight excluding hydrogens is 260 g/mol. The average Bonchev–Trinajstić information content (AvgIpc) is 2.87. The molecule has 1 aromatic heterocycles. The van der Waals surface area contributed by atoms with E-state index in [1.165, 1.54) is 6.07 Å². The number of carbonyl (C=O) groups excluding carboxylic acids is 1. The quantitative estimate of drug-likeness (QED) is 0.844. The van der Waals surface area contributed by atoms with Gasteiger partial charge in [0.05, 0.1) is 5.56 Å². The van der Waals surface area contributed by atoms with Crippen LogP contribution in [0.5, 0.6) is 5.75 Å². The second kappa shape index (κ2) is 6.18. The second-order valence-electron chi connectivity index (χ2n) is 4.43. The van der Waals surface area contributed by atoms with Crippen molar-refractivity contribution in [1.29, 1.82) is 0 Å². The summed E-state index contributed by atoms with van der Waals surface area (Å²) in [5.74, 6) is 0.377. The summed E-state index contributed by atoms with van der Waals surface area (Å²) in [5.41, 5.74) is 0.976. The number of esters is 1. The SMILES string of the molecule is CCCc1noc(COC(=O)c2ccc(C)c(O)c2)n1. The van der Waals surface area contributed by atoms with E-state index in [2.05, 4.69) is 10.1 Å². The van der Waals surface area contributed by atoms with Crippen LogP contribution in [0.15, 0.2) is 22.7 Å². The van der Waals surface area contributed by atoms with E-state index in [1.807, 2.05) is 6.92 Å². The lowest BCUT2D eigenvalue weighted by Crippen LogP contribution is -2.05. The van der Waals surface area contributed by atoms with Gasteiger partial charge in [-0.15, -0.1) is 0 Å². The molecule has 0 aliphatic carbocycles. The Kier molecular flexibility index (Phi) is 4.34. The summed E-state index contributed by atoms with van der Waals surface area (Å²) in [6.45, 7) is 3.68. The minimum atomic E-state index is -0.546. The minimum absolute atomic E-state index is 0.0578. The number of hydrogen-bond acceptors (Lipinski definition) is 6. The van der Waals surface area contributed by atoms with E-state index in [0.29, 0.717) is 11.4 Å². The molecule has 0 bridgehead atoms. The van der Waals surface area contributed by atoms with Gasteiger partial charge in [-0.25, -0.2) is 4.79 Å². The molecule has 2 aromatic rings. The molecule has 0 saturated heterocycles. The summed E-state index contributed by atoms with van der Waals surface area (Å²) >= 11 is 0. The van der Waals surface area contributed by atoms with Gasteiger partial charge in [-0.2, -0.15) is 4.98 Å². The van der Waals surface area contributed by atoms with Crippen molar-refractivity contribution in [3.63, 3.8) is 0 Å². The Morgan fingerprint density at radius 2 is 2.25 bits per heavy atom. The number of aromatic hydroxyl groups is 1. The van der Waals surface area contributed by atoms with Crippen molar-refractivity contribution >= 4 is 5.97 Å².